The minimum atomic E-state index is -1.02. The molecular formula is C18H17ClFNO4. The normalized spacial score (nSPS) is 11.5. The molecule has 1 N–H and O–H groups in total. The zero-order valence-corrected chi connectivity index (χ0v) is 14.5. The van der Waals surface area contributed by atoms with Crippen molar-refractivity contribution in [1.29, 1.82) is 0 Å². The molecule has 0 fully saturated rings. The maximum absolute atomic E-state index is 13.1. The second-order valence-electron chi connectivity index (χ2n) is 5.24. The lowest BCUT2D eigenvalue weighted by Crippen LogP contribution is -2.30. The van der Waals surface area contributed by atoms with E-state index < -0.39 is 23.8 Å². The number of rotatable bonds is 6. The lowest BCUT2D eigenvalue weighted by atomic mass is 10.1. The number of amides is 1. The summed E-state index contributed by atoms with van der Waals surface area (Å²) in [5.74, 6) is -1.13. The van der Waals surface area contributed by atoms with E-state index in [0.717, 1.165) is 6.07 Å². The maximum atomic E-state index is 13.1. The van der Waals surface area contributed by atoms with Gasteiger partial charge in [-0.15, -0.1) is 0 Å². The Labute approximate surface area is 149 Å². The van der Waals surface area contributed by atoms with Gasteiger partial charge in [0.05, 0.1) is 18.6 Å². The molecule has 0 aliphatic rings. The van der Waals surface area contributed by atoms with Gasteiger partial charge in [-0.3, -0.25) is 9.59 Å². The highest BCUT2D eigenvalue weighted by molar-refractivity contribution is 6.31. The van der Waals surface area contributed by atoms with Gasteiger partial charge in [-0.05, 0) is 31.2 Å². The summed E-state index contributed by atoms with van der Waals surface area (Å²) in [5.41, 5.74) is 0.969. The zero-order valence-electron chi connectivity index (χ0n) is 13.7. The second kappa shape index (κ2) is 8.48. The minimum Gasteiger partial charge on any atom is -0.496 e. The van der Waals surface area contributed by atoms with E-state index in [0.29, 0.717) is 17.0 Å². The van der Waals surface area contributed by atoms with Crippen LogP contribution in [0.25, 0.3) is 0 Å². The first kappa shape index (κ1) is 18.7. The summed E-state index contributed by atoms with van der Waals surface area (Å²) in [7, 11) is 1.51. The summed E-state index contributed by atoms with van der Waals surface area (Å²) in [4.78, 5) is 24.1. The molecule has 0 bridgehead atoms. The number of hydrogen-bond donors (Lipinski definition) is 1. The fourth-order valence-corrected chi connectivity index (χ4v) is 2.30. The average Bonchev–Trinajstić information content (AvgIpc) is 2.58. The van der Waals surface area contributed by atoms with Crippen molar-refractivity contribution in [2.75, 3.05) is 12.4 Å². The van der Waals surface area contributed by atoms with Gasteiger partial charge in [-0.1, -0.05) is 29.8 Å². The molecule has 1 amide bonds. The Morgan fingerprint density at radius 1 is 1.24 bits per heavy atom. The van der Waals surface area contributed by atoms with Crippen LogP contribution in [0, 0.1) is 5.82 Å². The van der Waals surface area contributed by atoms with E-state index in [2.05, 4.69) is 5.32 Å². The molecule has 0 unspecified atom stereocenters. The first-order valence-electron chi connectivity index (χ1n) is 7.48. The van der Waals surface area contributed by atoms with Crippen molar-refractivity contribution in [1.82, 2.24) is 0 Å². The van der Waals surface area contributed by atoms with Gasteiger partial charge in [-0.2, -0.15) is 0 Å². The molecule has 7 heteroatoms. The molecule has 0 aromatic heterocycles. The molecule has 0 spiro atoms. The molecule has 2 aromatic carbocycles. The monoisotopic (exact) mass is 365 g/mol. The first-order valence-corrected chi connectivity index (χ1v) is 7.85. The molecule has 5 nitrogen and oxygen atoms in total. The molecule has 0 aliphatic carbocycles. The van der Waals surface area contributed by atoms with Crippen molar-refractivity contribution >= 4 is 29.2 Å². The summed E-state index contributed by atoms with van der Waals surface area (Å²) in [6.07, 6.45) is -1.05. The van der Waals surface area contributed by atoms with Crippen LogP contribution >= 0.6 is 11.6 Å². The molecular weight excluding hydrogens is 349 g/mol. The summed E-state index contributed by atoms with van der Waals surface area (Å²) < 4.78 is 23.4. The largest absolute Gasteiger partial charge is 0.496 e. The highest BCUT2D eigenvalue weighted by Crippen LogP contribution is 2.20. The van der Waals surface area contributed by atoms with Crippen LogP contribution in [0.4, 0.5) is 10.1 Å². The molecule has 0 heterocycles. The zero-order chi connectivity index (χ0) is 18.4. The first-order chi connectivity index (χ1) is 11.9. The van der Waals surface area contributed by atoms with Crippen LogP contribution in [0.2, 0.25) is 5.02 Å². The predicted octanol–water partition coefficient (Wildman–Crippen LogP) is 3.60. The number of methoxy groups -OCH3 is 1. The van der Waals surface area contributed by atoms with E-state index in [1.807, 2.05) is 0 Å². The highest BCUT2D eigenvalue weighted by Gasteiger charge is 2.19. The van der Waals surface area contributed by atoms with Crippen molar-refractivity contribution < 1.29 is 23.5 Å². The number of benzene rings is 2. The van der Waals surface area contributed by atoms with Crippen molar-refractivity contribution in [3.8, 4) is 5.75 Å². The molecule has 25 heavy (non-hydrogen) atoms. The SMILES string of the molecule is COc1ccccc1CC(=O)O[C@@H](C)C(=O)Nc1ccc(F)c(Cl)c1. The maximum Gasteiger partial charge on any atom is 0.311 e. The van der Waals surface area contributed by atoms with E-state index >= 15 is 0 Å². The number of carbonyl (C=O) groups is 2. The Hall–Kier alpha value is -2.60. The fourth-order valence-electron chi connectivity index (χ4n) is 2.11. The Kier molecular flexibility index (Phi) is 6.36. The van der Waals surface area contributed by atoms with Gasteiger partial charge < -0.3 is 14.8 Å². The number of hydrogen-bond acceptors (Lipinski definition) is 4. The van der Waals surface area contributed by atoms with Crippen LogP contribution in [0.5, 0.6) is 5.75 Å². The molecule has 1 atom stereocenters. The van der Waals surface area contributed by atoms with Gasteiger partial charge in [-0.25, -0.2) is 4.39 Å². The molecule has 0 radical (unpaired) electrons. The van der Waals surface area contributed by atoms with Gasteiger partial charge >= 0.3 is 5.97 Å². The average molecular weight is 366 g/mol. The van der Waals surface area contributed by atoms with E-state index in [4.69, 9.17) is 21.1 Å². The number of esters is 1. The number of halogens is 2. The van der Waals surface area contributed by atoms with E-state index in [-0.39, 0.29) is 11.4 Å². The smallest absolute Gasteiger partial charge is 0.311 e. The fraction of sp³-hybridized carbons (Fsp3) is 0.222. The lowest BCUT2D eigenvalue weighted by molar-refractivity contribution is -0.152. The Morgan fingerprint density at radius 2 is 1.96 bits per heavy atom. The van der Waals surface area contributed by atoms with Crippen molar-refractivity contribution in [3.05, 3.63) is 58.9 Å². The summed E-state index contributed by atoms with van der Waals surface area (Å²) in [5, 5.41) is 2.40. The van der Waals surface area contributed by atoms with Gasteiger partial charge in [0.1, 0.15) is 11.6 Å². The van der Waals surface area contributed by atoms with Crippen molar-refractivity contribution in [3.63, 3.8) is 0 Å². The molecule has 0 saturated heterocycles. The van der Waals surface area contributed by atoms with Gasteiger partial charge in [0.15, 0.2) is 6.10 Å². The number of carbonyl (C=O) groups excluding carboxylic acids is 2. The second-order valence-corrected chi connectivity index (χ2v) is 5.65. The van der Waals surface area contributed by atoms with Crippen LogP contribution in [-0.2, 0) is 20.7 Å². The third-order valence-electron chi connectivity index (χ3n) is 3.39. The predicted molar refractivity (Wildman–Crippen MR) is 92.3 cm³/mol. The molecule has 0 saturated carbocycles. The number of ether oxygens (including phenoxy) is 2. The molecule has 2 rings (SSSR count). The Balaban J connectivity index is 1.93. The minimum absolute atomic E-state index is 0.0238. The van der Waals surface area contributed by atoms with Gasteiger partial charge in [0.2, 0.25) is 0 Å². The van der Waals surface area contributed by atoms with E-state index in [9.17, 15) is 14.0 Å². The van der Waals surface area contributed by atoms with Gasteiger partial charge in [0, 0.05) is 11.3 Å². The van der Waals surface area contributed by atoms with Crippen LogP contribution < -0.4 is 10.1 Å². The van der Waals surface area contributed by atoms with Gasteiger partial charge in [0.25, 0.3) is 5.91 Å². The molecule has 132 valence electrons. The highest BCUT2D eigenvalue weighted by atomic mass is 35.5. The van der Waals surface area contributed by atoms with Crippen molar-refractivity contribution in [2.45, 2.75) is 19.4 Å². The number of nitrogens with one attached hydrogen (secondary N) is 1. The van der Waals surface area contributed by atoms with Crippen LogP contribution in [0.1, 0.15) is 12.5 Å². The third kappa shape index (κ3) is 5.19. The molecule has 0 aliphatic heterocycles. The Morgan fingerprint density at radius 3 is 2.64 bits per heavy atom. The van der Waals surface area contributed by atoms with Crippen LogP contribution in [0.3, 0.4) is 0 Å². The summed E-state index contributed by atoms with van der Waals surface area (Å²) in [6, 6.07) is 10.8. The lowest BCUT2D eigenvalue weighted by Gasteiger charge is -2.14. The summed E-state index contributed by atoms with van der Waals surface area (Å²) >= 11 is 5.66. The topological polar surface area (TPSA) is 64.6 Å². The van der Waals surface area contributed by atoms with E-state index in [1.165, 1.54) is 26.2 Å². The Bertz CT molecular complexity index is 781. The van der Waals surface area contributed by atoms with Crippen LogP contribution in [0.15, 0.2) is 42.5 Å². The molecule has 2 aromatic rings. The van der Waals surface area contributed by atoms with E-state index in [1.54, 1.807) is 24.3 Å². The number of para-hydroxylation sites is 1. The number of anilines is 1. The van der Waals surface area contributed by atoms with Crippen molar-refractivity contribution in [2.24, 2.45) is 0 Å². The third-order valence-corrected chi connectivity index (χ3v) is 3.68. The summed E-state index contributed by atoms with van der Waals surface area (Å²) in [6.45, 7) is 1.45. The quantitative estimate of drug-likeness (QED) is 0.794. The standard InChI is InChI=1S/C18H17ClFNO4/c1-11(18(23)21-13-7-8-15(20)14(19)10-13)25-17(22)9-12-5-3-4-6-16(12)24-2/h3-8,10-11H,9H2,1-2H3,(H,21,23)/t11-/m0/s1. The van der Waals surface area contributed by atoms with Crippen LogP contribution in [-0.4, -0.2) is 25.1 Å².